The third-order valence-corrected chi connectivity index (χ3v) is 3.82. The van der Waals surface area contributed by atoms with E-state index >= 15 is 0 Å². The molecule has 25 heavy (non-hydrogen) atoms. The molecule has 2 aromatic rings. The summed E-state index contributed by atoms with van der Waals surface area (Å²) in [6, 6.07) is 4.19. The molecule has 0 saturated heterocycles. The molecule has 0 spiro atoms. The quantitative estimate of drug-likeness (QED) is 0.672. The van der Waals surface area contributed by atoms with Crippen molar-refractivity contribution in [2.45, 2.75) is 19.0 Å². The van der Waals surface area contributed by atoms with E-state index in [1.807, 2.05) is 0 Å². The number of aromatic nitrogens is 1. The van der Waals surface area contributed by atoms with E-state index in [1.54, 1.807) is 0 Å². The highest BCUT2D eigenvalue weighted by Gasteiger charge is 2.30. The minimum Gasteiger partial charge on any atom is -0.481 e. The summed E-state index contributed by atoms with van der Waals surface area (Å²) in [5.74, 6) is -0.951. The normalized spacial score (nSPS) is 11.2. The zero-order valence-electron chi connectivity index (χ0n) is 12.8. The zero-order valence-corrected chi connectivity index (χ0v) is 13.6. The highest BCUT2D eigenvalue weighted by Crippen LogP contribution is 2.33. The fraction of sp³-hybridized carbons (Fsp3) is 0.267. The first kappa shape index (κ1) is 18.7. The first-order valence-corrected chi connectivity index (χ1v) is 8.03. The van der Waals surface area contributed by atoms with Gasteiger partial charge < -0.3 is 10.4 Å². The van der Waals surface area contributed by atoms with Gasteiger partial charge >= 0.3 is 18.2 Å². The lowest BCUT2D eigenvalue weighted by Gasteiger charge is -2.07. The molecule has 0 fully saturated rings. The Morgan fingerprint density at radius 3 is 2.72 bits per heavy atom. The Labute approximate surface area is 144 Å². The largest absolute Gasteiger partial charge is 0.481 e. The number of urea groups is 1. The fourth-order valence-electron chi connectivity index (χ4n) is 1.90. The SMILES string of the molecule is O=C(O)CCCNC(=O)Nc1nc(-c2cccc(C(F)(F)F)c2)cs1. The fourth-order valence-corrected chi connectivity index (χ4v) is 2.62. The van der Waals surface area contributed by atoms with Gasteiger partial charge in [-0.05, 0) is 18.6 Å². The number of amides is 2. The summed E-state index contributed by atoms with van der Waals surface area (Å²) in [5.41, 5.74) is -0.165. The Hall–Kier alpha value is -2.62. The molecule has 6 nitrogen and oxygen atoms in total. The maximum atomic E-state index is 12.7. The second-order valence-corrected chi connectivity index (χ2v) is 5.85. The highest BCUT2D eigenvalue weighted by atomic mass is 32.1. The predicted molar refractivity (Wildman–Crippen MR) is 86.4 cm³/mol. The summed E-state index contributed by atoms with van der Waals surface area (Å²) in [6.07, 6.45) is -4.21. The van der Waals surface area contributed by atoms with Gasteiger partial charge in [0.05, 0.1) is 11.3 Å². The second-order valence-electron chi connectivity index (χ2n) is 4.99. The van der Waals surface area contributed by atoms with Crippen LogP contribution >= 0.6 is 11.3 Å². The summed E-state index contributed by atoms with van der Waals surface area (Å²) < 4.78 is 38.2. The van der Waals surface area contributed by atoms with Crippen LogP contribution in [0.1, 0.15) is 18.4 Å². The number of anilines is 1. The van der Waals surface area contributed by atoms with Crippen molar-refractivity contribution >= 4 is 28.5 Å². The molecular formula is C15H14F3N3O3S. The monoisotopic (exact) mass is 373 g/mol. The minimum absolute atomic E-state index is 0.0583. The van der Waals surface area contributed by atoms with E-state index in [-0.39, 0.29) is 24.5 Å². The number of hydrogen-bond donors (Lipinski definition) is 3. The van der Waals surface area contributed by atoms with Crippen molar-refractivity contribution in [2.75, 3.05) is 11.9 Å². The van der Waals surface area contributed by atoms with Crippen LogP contribution in [0.5, 0.6) is 0 Å². The number of carbonyl (C=O) groups is 2. The van der Waals surface area contributed by atoms with Gasteiger partial charge in [0.25, 0.3) is 0 Å². The first-order chi connectivity index (χ1) is 11.8. The summed E-state index contributed by atoms with van der Waals surface area (Å²) in [4.78, 5) is 26.1. The minimum atomic E-state index is -4.44. The Bertz CT molecular complexity index is 762. The van der Waals surface area contributed by atoms with Gasteiger partial charge in [-0.2, -0.15) is 13.2 Å². The van der Waals surface area contributed by atoms with Crippen LogP contribution in [0.2, 0.25) is 0 Å². The van der Waals surface area contributed by atoms with Crippen molar-refractivity contribution in [1.82, 2.24) is 10.3 Å². The molecule has 0 aliphatic heterocycles. The number of alkyl halides is 3. The van der Waals surface area contributed by atoms with Gasteiger partial charge in [-0.25, -0.2) is 9.78 Å². The summed E-state index contributed by atoms with van der Waals surface area (Å²) in [5, 5.41) is 15.2. The van der Waals surface area contributed by atoms with Gasteiger partial charge in [0, 0.05) is 23.9 Å². The molecule has 2 rings (SSSR count). The van der Waals surface area contributed by atoms with Crippen molar-refractivity contribution in [3.05, 3.63) is 35.2 Å². The number of hydrogen-bond acceptors (Lipinski definition) is 4. The van der Waals surface area contributed by atoms with E-state index in [2.05, 4.69) is 15.6 Å². The molecule has 0 aliphatic rings. The van der Waals surface area contributed by atoms with Crippen molar-refractivity contribution in [3.8, 4) is 11.3 Å². The van der Waals surface area contributed by atoms with Crippen LogP contribution in [0.25, 0.3) is 11.3 Å². The van der Waals surface area contributed by atoms with Crippen molar-refractivity contribution in [3.63, 3.8) is 0 Å². The van der Waals surface area contributed by atoms with Crippen LogP contribution < -0.4 is 10.6 Å². The van der Waals surface area contributed by atoms with Crippen LogP contribution in [0.4, 0.5) is 23.1 Å². The van der Waals surface area contributed by atoms with Gasteiger partial charge in [0.1, 0.15) is 0 Å². The summed E-state index contributed by atoms with van der Waals surface area (Å²) >= 11 is 1.07. The number of carboxylic acid groups (broad SMARTS) is 1. The molecule has 1 heterocycles. The zero-order chi connectivity index (χ0) is 18.4. The second kappa shape index (κ2) is 7.97. The van der Waals surface area contributed by atoms with Crippen LogP contribution in [-0.4, -0.2) is 28.6 Å². The number of carbonyl (C=O) groups excluding carboxylic acids is 1. The molecule has 0 saturated carbocycles. The third kappa shape index (κ3) is 5.75. The van der Waals surface area contributed by atoms with Gasteiger partial charge in [0.2, 0.25) is 0 Å². The van der Waals surface area contributed by atoms with E-state index < -0.39 is 23.7 Å². The van der Waals surface area contributed by atoms with Crippen molar-refractivity contribution in [1.29, 1.82) is 0 Å². The molecule has 3 N–H and O–H groups in total. The Morgan fingerprint density at radius 2 is 2.04 bits per heavy atom. The number of carboxylic acids is 1. The average Bonchev–Trinajstić information content (AvgIpc) is 2.99. The number of nitrogens with one attached hydrogen (secondary N) is 2. The van der Waals surface area contributed by atoms with Crippen molar-refractivity contribution < 1.29 is 27.9 Å². The van der Waals surface area contributed by atoms with Crippen LogP contribution in [0, 0.1) is 0 Å². The number of nitrogens with zero attached hydrogens (tertiary/aromatic N) is 1. The molecule has 0 atom stereocenters. The molecule has 1 aromatic carbocycles. The van der Waals surface area contributed by atoms with E-state index in [0.29, 0.717) is 11.3 Å². The Morgan fingerprint density at radius 1 is 1.28 bits per heavy atom. The topological polar surface area (TPSA) is 91.3 Å². The first-order valence-electron chi connectivity index (χ1n) is 7.15. The Balaban J connectivity index is 1.96. The van der Waals surface area contributed by atoms with E-state index in [9.17, 15) is 22.8 Å². The lowest BCUT2D eigenvalue weighted by atomic mass is 10.1. The lowest BCUT2D eigenvalue weighted by Crippen LogP contribution is -2.29. The van der Waals surface area contributed by atoms with Crippen molar-refractivity contribution in [2.24, 2.45) is 0 Å². The maximum absolute atomic E-state index is 12.7. The lowest BCUT2D eigenvalue weighted by molar-refractivity contribution is -0.138. The molecule has 10 heteroatoms. The molecule has 0 aliphatic carbocycles. The van der Waals surface area contributed by atoms with E-state index in [4.69, 9.17) is 5.11 Å². The molecule has 0 unspecified atom stereocenters. The summed E-state index contributed by atoms with van der Waals surface area (Å²) in [7, 11) is 0. The van der Waals surface area contributed by atoms with Gasteiger partial charge in [-0.3, -0.25) is 10.1 Å². The number of thiazole rings is 1. The standard InChI is InChI=1S/C15H14F3N3O3S/c16-15(17,18)10-4-1-3-9(7-10)11-8-25-14(20-11)21-13(24)19-6-2-5-12(22)23/h1,3-4,7-8H,2,5-6H2,(H,22,23)(H2,19,20,21,24). The van der Waals surface area contributed by atoms with E-state index in [0.717, 1.165) is 23.5 Å². The number of rotatable bonds is 6. The molecular weight excluding hydrogens is 359 g/mol. The number of aliphatic carboxylic acids is 1. The average molecular weight is 373 g/mol. The third-order valence-electron chi connectivity index (χ3n) is 3.06. The molecule has 2 amide bonds. The summed E-state index contributed by atoms with van der Waals surface area (Å²) in [6.45, 7) is 0.185. The van der Waals surface area contributed by atoms with Gasteiger partial charge in [0.15, 0.2) is 5.13 Å². The van der Waals surface area contributed by atoms with Crippen LogP contribution in [0.15, 0.2) is 29.6 Å². The molecule has 0 bridgehead atoms. The molecule has 134 valence electrons. The van der Waals surface area contributed by atoms with Gasteiger partial charge in [-0.15, -0.1) is 11.3 Å². The predicted octanol–water partition coefficient (Wildman–Crippen LogP) is 3.82. The van der Waals surface area contributed by atoms with Crippen LogP contribution in [-0.2, 0) is 11.0 Å². The van der Waals surface area contributed by atoms with E-state index in [1.165, 1.54) is 17.5 Å². The highest BCUT2D eigenvalue weighted by molar-refractivity contribution is 7.14. The number of benzene rings is 1. The van der Waals surface area contributed by atoms with Crippen LogP contribution in [0.3, 0.4) is 0 Å². The Kier molecular flexibility index (Phi) is 5.97. The molecule has 0 radical (unpaired) electrons. The van der Waals surface area contributed by atoms with Gasteiger partial charge in [-0.1, -0.05) is 12.1 Å². The maximum Gasteiger partial charge on any atom is 0.416 e. The number of halogens is 3. The smallest absolute Gasteiger partial charge is 0.416 e. The molecule has 1 aromatic heterocycles.